The zero-order chi connectivity index (χ0) is 24.2. The van der Waals surface area contributed by atoms with Crippen molar-refractivity contribution in [2.75, 3.05) is 17.7 Å². The third-order valence-electron chi connectivity index (χ3n) is 4.27. The highest BCUT2D eigenvalue weighted by atomic mass is 16.5. The Bertz CT molecular complexity index is 1020. The SMILES string of the molecule is [B]C(=O)OCc1cc(COC(=O)Nc2ccc(COC=O)cc2COC([B])=O)ccc1NC. The van der Waals surface area contributed by atoms with Crippen LogP contribution in [0.5, 0.6) is 0 Å². The molecule has 2 rings (SSSR count). The van der Waals surface area contributed by atoms with Gasteiger partial charge in [0.2, 0.25) is 27.4 Å². The van der Waals surface area contributed by atoms with Gasteiger partial charge in [-0.1, -0.05) is 12.1 Å². The van der Waals surface area contributed by atoms with E-state index in [1.807, 2.05) is 0 Å². The number of carbonyl (C=O) groups excluding carboxylic acids is 4. The number of hydrogen-bond acceptors (Lipinski definition) is 9. The first-order valence-corrected chi connectivity index (χ1v) is 9.57. The van der Waals surface area contributed by atoms with Gasteiger partial charge in [0.05, 0.1) is 5.69 Å². The zero-order valence-electron chi connectivity index (χ0n) is 17.8. The summed E-state index contributed by atoms with van der Waals surface area (Å²) in [5.74, 6) is -1.89. The van der Waals surface area contributed by atoms with Crippen LogP contribution in [0.25, 0.3) is 0 Å². The molecular weight excluding hydrogens is 430 g/mol. The molecule has 1 amide bonds. The van der Waals surface area contributed by atoms with Crippen molar-refractivity contribution in [2.45, 2.75) is 26.4 Å². The number of carbonyl (C=O) groups is 4. The summed E-state index contributed by atoms with van der Waals surface area (Å²) in [6, 6.07) is 9.94. The zero-order valence-corrected chi connectivity index (χ0v) is 17.8. The standard InChI is InChI=1S/C21H20B2N2O8/c1-24-17-4-2-14(7-15(17)10-31-19(22)27)9-33-21(29)25-18-5-3-13(8-30-12-26)6-16(18)11-32-20(23)28/h2-7,12,24H,8-11H2,1H3,(H,25,29). The summed E-state index contributed by atoms with van der Waals surface area (Å²) in [5.41, 5.74) is 3.36. The summed E-state index contributed by atoms with van der Waals surface area (Å²) < 4.78 is 19.6. The van der Waals surface area contributed by atoms with Crippen molar-refractivity contribution >= 4 is 51.4 Å². The van der Waals surface area contributed by atoms with Gasteiger partial charge in [-0.25, -0.2) is 4.79 Å². The van der Waals surface area contributed by atoms with Crippen LogP contribution in [-0.4, -0.2) is 47.0 Å². The minimum atomic E-state index is -0.987. The fraction of sp³-hybridized carbons (Fsp3) is 0.238. The van der Waals surface area contributed by atoms with E-state index in [4.69, 9.17) is 34.6 Å². The van der Waals surface area contributed by atoms with Crippen LogP contribution in [0.15, 0.2) is 36.4 Å². The first kappa shape index (κ1) is 25.3. The van der Waals surface area contributed by atoms with Gasteiger partial charge in [-0.15, -0.1) is 0 Å². The van der Waals surface area contributed by atoms with Crippen LogP contribution in [0.2, 0.25) is 0 Å². The van der Waals surface area contributed by atoms with Gasteiger partial charge in [0.15, 0.2) is 0 Å². The van der Waals surface area contributed by atoms with Crippen LogP contribution in [0, 0.1) is 0 Å². The number of benzene rings is 2. The Kier molecular flexibility index (Phi) is 9.81. The highest BCUT2D eigenvalue weighted by Crippen LogP contribution is 2.21. The molecule has 0 fully saturated rings. The molecular formula is C21H20B2N2O8. The normalized spacial score (nSPS) is 9.97. The Hall–Kier alpha value is -3.95. The molecule has 0 saturated heterocycles. The number of nitrogens with one attached hydrogen (secondary N) is 2. The van der Waals surface area contributed by atoms with Gasteiger partial charge in [-0.3, -0.25) is 19.7 Å². The van der Waals surface area contributed by atoms with E-state index in [9.17, 15) is 19.2 Å². The number of amides is 1. The van der Waals surface area contributed by atoms with Crippen molar-refractivity contribution in [1.29, 1.82) is 0 Å². The molecule has 2 aromatic carbocycles. The number of hydrogen-bond donors (Lipinski definition) is 2. The van der Waals surface area contributed by atoms with Gasteiger partial charge in [0, 0.05) is 23.9 Å². The Morgan fingerprint density at radius 2 is 1.36 bits per heavy atom. The topological polar surface area (TPSA) is 129 Å². The largest absolute Gasteiger partial charge is 0.470 e. The molecule has 168 valence electrons. The summed E-state index contributed by atoms with van der Waals surface area (Å²) in [4.78, 5) is 44.5. The minimum Gasteiger partial charge on any atom is -0.470 e. The molecule has 33 heavy (non-hydrogen) atoms. The highest BCUT2D eigenvalue weighted by Gasteiger charge is 2.12. The molecule has 0 unspecified atom stereocenters. The first-order valence-electron chi connectivity index (χ1n) is 9.57. The molecule has 0 spiro atoms. The van der Waals surface area contributed by atoms with Crippen molar-refractivity contribution in [3.63, 3.8) is 0 Å². The van der Waals surface area contributed by atoms with Gasteiger partial charge in [0.1, 0.15) is 26.4 Å². The molecule has 0 heterocycles. The maximum Gasteiger partial charge on any atom is 0.411 e. The Morgan fingerprint density at radius 1 is 0.818 bits per heavy atom. The maximum atomic E-state index is 12.3. The van der Waals surface area contributed by atoms with Crippen LogP contribution < -0.4 is 10.6 Å². The second-order valence-corrected chi connectivity index (χ2v) is 6.56. The number of anilines is 2. The third-order valence-corrected chi connectivity index (χ3v) is 4.27. The fourth-order valence-electron chi connectivity index (χ4n) is 2.80. The summed E-state index contributed by atoms with van der Waals surface area (Å²) >= 11 is 0. The van der Waals surface area contributed by atoms with Crippen molar-refractivity contribution < 1.29 is 38.1 Å². The average molecular weight is 450 g/mol. The van der Waals surface area contributed by atoms with E-state index in [2.05, 4.69) is 10.6 Å². The predicted octanol–water partition coefficient (Wildman–Crippen LogP) is 2.76. The molecule has 0 aliphatic carbocycles. The molecule has 2 N–H and O–H groups in total. The number of ether oxygens (including phenoxy) is 4. The van der Waals surface area contributed by atoms with Gasteiger partial charge in [-0.05, 0) is 35.4 Å². The summed E-state index contributed by atoms with van der Waals surface area (Å²) in [6.07, 6.45) is -0.764. The van der Waals surface area contributed by atoms with Crippen LogP contribution in [0.1, 0.15) is 22.3 Å². The van der Waals surface area contributed by atoms with Crippen LogP contribution in [0.3, 0.4) is 0 Å². The number of rotatable bonds is 11. The van der Waals surface area contributed by atoms with E-state index < -0.39 is 17.8 Å². The van der Waals surface area contributed by atoms with Gasteiger partial charge in [-0.2, -0.15) is 0 Å². The third kappa shape index (κ3) is 8.60. The highest BCUT2D eigenvalue weighted by molar-refractivity contribution is 6.55. The van der Waals surface area contributed by atoms with E-state index in [-0.39, 0.29) is 26.4 Å². The van der Waals surface area contributed by atoms with Crippen molar-refractivity contribution in [3.8, 4) is 0 Å². The summed E-state index contributed by atoms with van der Waals surface area (Å²) in [6.45, 7) is -0.0266. The molecule has 2 aromatic rings. The second kappa shape index (κ2) is 12.8. The second-order valence-electron chi connectivity index (χ2n) is 6.56. The first-order chi connectivity index (χ1) is 15.8. The lowest BCUT2D eigenvalue weighted by Gasteiger charge is -2.14. The average Bonchev–Trinajstić information content (AvgIpc) is 2.79. The monoisotopic (exact) mass is 450 g/mol. The summed E-state index contributed by atoms with van der Waals surface area (Å²) in [7, 11) is 11.7. The Labute approximate surface area is 192 Å². The quantitative estimate of drug-likeness (QED) is 0.302. The molecule has 0 aliphatic heterocycles. The maximum absolute atomic E-state index is 12.3. The van der Waals surface area contributed by atoms with Crippen molar-refractivity contribution in [2.24, 2.45) is 0 Å². The van der Waals surface area contributed by atoms with E-state index in [1.54, 1.807) is 43.4 Å². The molecule has 4 radical (unpaired) electrons. The molecule has 10 nitrogen and oxygen atoms in total. The molecule has 0 atom stereocenters. The van der Waals surface area contributed by atoms with Gasteiger partial charge in [0.25, 0.3) is 6.47 Å². The van der Waals surface area contributed by atoms with Crippen LogP contribution in [0.4, 0.5) is 25.8 Å². The lowest BCUT2D eigenvalue weighted by atomic mass is 10.1. The van der Waals surface area contributed by atoms with Crippen LogP contribution in [-0.2, 0) is 50.2 Å². The summed E-state index contributed by atoms with van der Waals surface area (Å²) in [5, 5.41) is 5.53. The van der Waals surface area contributed by atoms with E-state index in [1.165, 1.54) is 0 Å². The minimum absolute atomic E-state index is 0.00219. The molecule has 0 saturated carbocycles. The molecule has 12 heteroatoms. The smallest absolute Gasteiger partial charge is 0.411 e. The van der Waals surface area contributed by atoms with Crippen molar-refractivity contribution in [1.82, 2.24) is 0 Å². The predicted molar refractivity (Wildman–Crippen MR) is 119 cm³/mol. The van der Waals surface area contributed by atoms with Gasteiger partial charge >= 0.3 is 6.09 Å². The molecule has 0 aliphatic rings. The molecule has 0 bridgehead atoms. The van der Waals surface area contributed by atoms with E-state index >= 15 is 0 Å². The van der Waals surface area contributed by atoms with Gasteiger partial charge < -0.3 is 24.3 Å². The van der Waals surface area contributed by atoms with E-state index in [0.29, 0.717) is 34.4 Å². The van der Waals surface area contributed by atoms with Crippen LogP contribution >= 0.6 is 0 Å². The van der Waals surface area contributed by atoms with E-state index in [0.717, 1.165) is 5.69 Å². The lowest BCUT2D eigenvalue weighted by Crippen LogP contribution is -2.16. The molecule has 0 aromatic heterocycles. The fourth-order valence-corrected chi connectivity index (χ4v) is 2.80. The Morgan fingerprint density at radius 3 is 1.91 bits per heavy atom. The Balaban J connectivity index is 2.06. The lowest BCUT2D eigenvalue weighted by molar-refractivity contribution is -0.129. The van der Waals surface area contributed by atoms with Crippen molar-refractivity contribution in [3.05, 3.63) is 58.7 Å².